The van der Waals surface area contributed by atoms with E-state index < -0.39 is 23.9 Å². The first-order valence-corrected chi connectivity index (χ1v) is 10.2. The second-order valence-corrected chi connectivity index (χ2v) is 7.73. The Morgan fingerprint density at radius 3 is 2.23 bits per heavy atom. The number of fused-ring (bicyclic) bond motifs is 3. The summed E-state index contributed by atoms with van der Waals surface area (Å²) in [5, 5.41) is 14.3. The quantitative estimate of drug-likeness (QED) is 0.682. The van der Waals surface area contributed by atoms with Crippen molar-refractivity contribution >= 4 is 18.0 Å². The molecule has 2 aromatic rings. The zero-order valence-electron chi connectivity index (χ0n) is 16.5. The number of hydrogen-bond acceptors (Lipinski definition) is 4. The molecule has 1 fully saturated rings. The largest absolute Gasteiger partial charge is 0.481 e. The van der Waals surface area contributed by atoms with Gasteiger partial charge in [0.15, 0.2) is 0 Å². The van der Waals surface area contributed by atoms with Gasteiger partial charge in [-0.3, -0.25) is 9.59 Å². The van der Waals surface area contributed by atoms with Gasteiger partial charge in [0, 0.05) is 12.0 Å². The number of ether oxygens (including phenoxy) is 1. The Bertz CT molecular complexity index is 928. The smallest absolute Gasteiger partial charge is 0.407 e. The van der Waals surface area contributed by atoms with Crippen LogP contribution in [0.3, 0.4) is 0 Å². The summed E-state index contributed by atoms with van der Waals surface area (Å²) in [6.45, 7) is -0.0787. The normalized spacial score (nSPS) is 19.6. The van der Waals surface area contributed by atoms with Gasteiger partial charge in [-0.2, -0.15) is 0 Å². The summed E-state index contributed by atoms with van der Waals surface area (Å²) in [7, 11) is 0. The Morgan fingerprint density at radius 1 is 0.967 bits per heavy atom. The molecule has 0 saturated heterocycles. The van der Waals surface area contributed by atoms with E-state index in [4.69, 9.17) is 4.74 Å². The molecular weight excluding hydrogens is 384 g/mol. The lowest BCUT2D eigenvalue weighted by Crippen LogP contribution is -2.45. The molecule has 2 aromatic carbocycles. The van der Waals surface area contributed by atoms with E-state index in [9.17, 15) is 19.5 Å². The van der Waals surface area contributed by atoms with Crippen LogP contribution in [0.5, 0.6) is 0 Å². The van der Waals surface area contributed by atoms with Crippen LogP contribution in [0.4, 0.5) is 4.79 Å². The highest BCUT2D eigenvalue weighted by molar-refractivity contribution is 5.83. The molecule has 2 aliphatic rings. The molecule has 156 valence electrons. The molecule has 0 heterocycles. The van der Waals surface area contributed by atoms with Crippen LogP contribution in [-0.2, 0) is 14.3 Å². The molecule has 0 aromatic heterocycles. The lowest BCUT2D eigenvalue weighted by molar-refractivity contribution is -0.142. The van der Waals surface area contributed by atoms with Gasteiger partial charge >= 0.3 is 12.1 Å². The average molecular weight is 408 g/mol. The van der Waals surface area contributed by atoms with Crippen molar-refractivity contribution in [1.82, 2.24) is 10.6 Å². The standard InChI is InChI=1S/C23H24N2O5/c26-21(25-20-11-5-10-18(20)22(27)28)12-24-23(29)30-13-19-16-8-3-1-6-14(16)15-7-2-4-9-17(15)19/h1-4,6-9,18-20H,5,10-13H2,(H,24,29)(H,25,26)(H,27,28). The zero-order valence-corrected chi connectivity index (χ0v) is 16.5. The minimum atomic E-state index is -0.901. The van der Waals surface area contributed by atoms with Gasteiger partial charge in [0.1, 0.15) is 13.2 Å². The van der Waals surface area contributed by atoms with Crippen molar-refractivity contribution in [1.29, 1.82) is 0 Å². The number of aliphatic carboxylic acids is 1. The summed E-state index contributed by atoms with van der Waals surface area (Å²) >= 11 is 0. The predicted octanol–water partition coefficient (Wildman–Crippen LogP) is 2.89. The maximum Gasteiger partial charge on any atom is 0.407 e. The number of nitrogens with one attached hydrogen (secondary N) is 2. The SMILES string of the molecule is O=C(CNC(=O)OCC1c2ccccc2-c2ccccc21)NC1CCCC1C(=O)O. The second-order valence-electron chi connectivity index (χ2n) is 7.73. The summed E-state index contributed by atoms with van der Waals surface area (Å²) < 4.78 is 5.40. The van der Waals surface area contributed by atoms with Crippen LogP contribution in [0.15, 0.2) is 48.5 Å². The maximum atomic E-state index is 12.1. The van der Waals surface area contributed by atoms with Gasteiger partial charge in [-0.1, -0.05) is 55.0 Å². The van der Waals surface area contributed by atoms with Crippen molar-refractivity contribution in [2.75, 3.05) is 13.2 Å². The molecule has 3 N–H and O–H groups in total. The molecule has 0 radical (unpaired) electrons. The number of amides is 2. The lowest BCUT2D eigenvalue weighted by atomic mass is 9.98. The molecule has 2 aliphatic carbocycles. The van der Waals surface area contributed by atoms with E-state index in [0.29, 0.717) is 12.8 Å². The van der Waals surface area contributed by atoms with Crippen LogP contribution >= 0.6 is 0 Å². The van der Waals surface area contributed by atoms with Gasteiger partial charge in [0.05, 0.1) is 5.92 Å². The Labute approximate surface area is 174 Å². The van der Waals surface area contributed by atoms with Crippen LogP contribution in [0, 0.1) is 5.92 Å². The first-order valence-electron chi connectivity index (χ1n) is 10.2. The minimum absolute atomic E-state index is 0.0493. The lowest BCUT2D eigenvalue weighted by Gasteiger charge is -2.18. The van der Waals surface area contributed by atoms with Crippen LogP contribution in [0.2, 0.25) is 0 Å². The summed E-state index contributed by atoms with van der Waals surface area (Å²) in [4.78, 5) is 35.4. The van der Waals surface area contributed by atoms with Crippen molar-refractivity contribution in [3.63, 3.8) is 0 Å². The second kappa shape index (κ2) is 8.57. The summed E-state index contributed by atoms with van der Waals surface area (Å²) in [5.41, 5.74) is 4.52. The minimum Gasteiger partial charge on any atom is -0.481 e. The third kappa shape index (κ3) is 4.01. The molecule has 30 heavy (non-hydrogen) atoms. The van der Waals surface area contributed by atoms with Crippen LogP contribution in [-0.4, -0.2) is 42.3 Å². The average Bonchev–Trinajstić information content (AvgIpc) is 3.33. The topological polar surface area (TPSA) is 105 Å². The molecule has 2 amide bonds. The fourth-order valence-corrected chi connectivity index (χ4v) is 4.49. The number of carboxylic acid groups (broad SMARTS) is 1. The first-order chi connectivity index (χ1) is 14.5. The highest BCUT2D eigenvalue weighted by Crippen LogP contribution is 2.44. The van der Waals surface area contributed by atoms with Gasteiger partial charge in [-0.05, 0) is 35.1 Å². The van der Waals surface area contributed by atoms with Gasteiger partial charge < -0.3 is 20.5 Å². The molecule has 4 rings (SSSR count). The molecule has 0 bridgehead atoms. The number of rotatable bonds is 6. The Hall–Kier alpha value is -3.35. The van der Waals surface area contributed by atoms with E-state index in [0.717, 1.165) is 28.7 Å². The Kier molecular flexibility index (Phi) is 5.70. The fraction of sp³-hybridized carbons (Fsp3) is 0.348. The third-order valence-corrected chi connectivity index (χ3v) is 5.92. The van der Waals surface area contributed by atoms with E-state index in [1.807, 2.05) is 36.4 Å². The Morgan fingerprint density at radius 2 is 1.60 bits per heavy atom. The highest BCUT2D eigenvalue weighted by atomic mass is 16.5. The van der Waals surface area contributed by atoms with E-state index in [1.54, 1.807) is 0 Å². The van der Waals surface area contributed by atoms with Crippen LogP contribution in [0.1, 0.15) is 36.3 Å². The van der Waals surface area contributed by atoms with Crippen molar-refractivity contribution in [3.8, 4) is 11.1 Å². The predicted molar refractivity (Wildman–Crippen MR) is 110 cm³/mol. The monoisotopic (exact) mass is 408 g/mol. The van der Waals surface area contributed by atoms with Crippen molar-refractivity contribution in [3.05, 3.63) is 59.7 Å². The van der Waals surface area contributed by atoms with Gasteiger partial charge in [-0.15, -0.1) is 0 Å². The molecular formula is C23H24N2O5. The maximum absolute atomic E-state index is 12.1. The molecule has 7 nitrogen and oxygen atoms in total. The molecule has 7 heteroatoms. The molecule has 1 saturated carbocycles. The molecule has 2 unspecified atom stereocenters. The molecule has 0 aliphatic heterocycles. The van der Waals surface area contributed by atoms with E-state index in [-0.39, 0.29) is 25.1 Å². The first kappa shape index (κ1) is 19.9. The highest BCUT2D eigenvalue weighted by Gasteiger charge is 2.34. The van der Waals surface area contributed by atoms with E-state index in [2.05, 4.69) is 22.8 Å². The van der Waals surface area contributed by atoms with E-state index in [1.165, 1.54) is 0 Å². The van der Waals surface area contributed by atoms with Gasteiger partial charge in [-0.25, -0.2) is 4.79 Å². The van der Waals surface area contributed by atoms with Gasteiger partial charge in [0.2, 0.25) is 5.91 Å². The summed E-state index contributed by atoms with van der Waals surface area (Å²) in [5.74, 6) is -1.93. The van der Waals surface area contributed by atoms with Crippen molar-refractivity contribution in [2.24, 2.45) is 5.92 Å². The number of carbonyl (C=O) groups is 3. The van der Waals surface area contributed by atoms with Crippen molar-refractivity contribution < 1.29 is 24.2 Å². The zero-order chi connectivity index (χ0) is 21.1. The van der Waals surface area contributed by atoms with Crippen LogP contribution < -0.4 is 10.6 Å². The van der Waals surface area contributed by atoms with E-state index >= 15 is 0 Å². The third-order valence-electron chi connectivity index (χ3n) is 5.92. The van der Waals surface area contributed by atoms with Crippen LogP contribution in [0.25, 0.3) is 11.1 Å². The fourth-order valence-electron chi connectivity index (χ4n) is 4.49. The molecule has 2 atom stereocenters. The number of benzene rings is 2. The van der Waals surface area contributed by atoms with Gasteiger partial charge in [0.25, 0.3) is 0 Å². The molecule has 0 spiro atoms. The number of carboxylic acids is 1. The van der Waals surface area contributed by atoms with Crippen molar-refractivity contribution in [2.45, 2.75) is 31.2 Å². The summed E-state index contributed by atoms with van der Waals surface area (Å²) in [6.07, 6.45) is 1.28. The Balaban J connectivity index is 1.29. The number of carbonyl (C=O) groups excluding carboxylic acids is 2. The number of hydrogen-bond donors (Lipinski definition) is 3. The number of alkyl carbamates (subject to hydrolysis) is 1. The summed E-state index contributed by atoms with van der Waals surface area (Å²) in [6, 6.07) is 15.7.